The molecule has 176 valence electrons. The van der Waals surface area contributed by atoms with Gasteiger partial charge in [0.2, 0.25) is 0 Å². The maximum atomic E-state index is 14.0. The van der Waals surface area contributed by atoms with Crippen LogP contribution >= 0.6 is 0 Å². The Hall–Kier alpha value is -1.43. The molecule has 3 nitrogen and oxygen atoms in total. The number of hydrogen-bond donors (Lipinski definition) is 0. The number of Topliss-reactive ketones (excluding diaryl/α,β-unsaturated/α-hetero) is 2. The summed E-state index contributed by atoms with van der Waals surface area (Å²) in [4.78, 5) is 26.7. The van der Waals surface area contributed by atoms with E-state index in [-0.39, 0.29) is 51.1 Å². The molecule has 3 saturated carbocycles. The SMILES string of the molecule is CC1C(=O)C(C#N)=CC2(C)C1CCC1(C)C3CCC(C)(C)C(CC(C)(C)C)C3C(=O)CC21. The molecule has 0 aromatic heterocycles. The minimum absolute atomic E-state index is 0.00301. The number of nitriles is 1. The zero-order valence-corrected chi connectivity index (χ0v) is 21.5. The quantitative estimate of drug-likeness (QED) is 0.455. The molecular formula is C29H43NO2. The van der Waals surface area contributed by atoms with Crippen molar-refractivity contribution in [3.8, 4) is 6.07 Å². The first kappa shape index (κ1) is 23.7. The fourth-order valence-electron chi connectivity index (χ4n) is 8.96. The second-order valence-electron chi connectivity index (χ2n) is 14.1. The maximum Gasteiger partial charge on any atom is 0.176 e. The maximum absolute atomic E-state index is 14.0. The molecule has 8 unspecified atom stereocenters. The lowest BCUT2D eigenvalue weighted by molar-refractivity contribution is -0.177. The molecule has 0 heterocycles. The van der Waals surface area contributed by atoms with Crippen LogP contribution in [0.2, 0.25) is 0 Å². The van der Waals surface area contributed by atoms with E-state index in [9.17, 15) is 14.9 Å². The van der Waals surface area contributed by atoms with E-state index in [0.29, 0.717) is 29.6 Å². The summed E-state index contributed by atoms with van der Waals surface area (Å²) in [7, 11) is 0. The van der Waals surface area contributed by atoms with Gasteiger partial charge in [-0.05, 0) is 77.4 Å². The Morgan fingerprint density at radius 1 is 1.06 bits per heavy atom. The van der Waals surface area contributed by atoms with E-state index in [1.54, 1.807) is 0 Å². The molecule has 8 atom stereocenters. The highest BCUT2D eigenvalue weighted by molar-refractivity contribution is 6.01. The zero-order chi connectivity index (χ0) is 23.9. The number of fused-ring (bicyclic) bond motifs is 5. The Balaban J connectivity index is 1.78. The number of allylic oxidation sites excluding steroid dienone is 2. The van der Waals surface area contributed by atoms with Crippen LogP contribution in [0.4, 0.5) is 0 Å². The van der Waals surface area contributed by atoms with Crippen LogP contribution in [0.15, 0.2) is 11.6 Å². The van der Waals surface area contributed by atoms with Gasteiger partial charge in [0.15, 0.2) is 5.78 Å². The van der Waals surface area contributed by atoms with Crippen molar-refractivity contribution in [2.75, 3.05) is 0 Å². The van der Waals surface area contributed by atoms with E-state index in [1.807, 2.05) is 13.0 Å². The zero-order valence-electron chi connectivity index (χ0n) is 21.5. The van der Waals surface area contributed by atoms with Gasteiger partial charge in [-0.15, -0.1) is 0 Å². The first-order valence-corrected chi connectivity index (χ1v) is 12.9. The Morgan fingerprint density at radius 2 is 1.69 bits per heavy atom. The fourth-order valence-corrected chi connectivity index (χ4v) is 8.96. The molecule has 0 saturated heterocycles. The van der Waals surface area contributed by atoms with Crippen molar-refractivity contribution in [2.45, 2.75) is 93.9 Å². The summed E-state index contributed by atoms with van der Waals surface area (Å²) in [5, 5.41) is 9.68. The molecule has 0 radical (unpaired) electrons. The summed E-state index contributed by atoms with van der Waals surface area (Å²) in [5.74, 6) is 1.78. The van der Waals surface area contributed by atoms with Gasteiger partial charge in [0.05, 0.1) is 5.57 Å². The summed E-state index contributed by atoms with van der Waals surface area (Å²) in [6, 6.07) is 2.19. The van der Waals surface area contributed by atoms with E-state index in [2.05, 4.69) is 54.5 Å². The Kier molecular flexibility index (Phi) is 5.40. The second kappa shape index (κ2) is 7.28. The predicted octanol–water partition coefficient (Wildman–Crippen LogP) is 6.77. The van der Waals surface area contributed by atoms with Crippen LogP contribution in [0.3, 0.4) is 0 Å². The molecule has 32 heavy (non-hydrogen) atoms. The van der Waals surface area contributed by atoms with E-state index in [1.165, 1.54) is 6.42 Å². The Morgan fingerprint density at radius 3 is 2.28 bits per heavy atom. The molecule has 3 fully saturated rings. The van der Waals surface area contributed by atoms with Gasteiger partial charge in [-0.3, -0.25) is 9.59 Å². The third kappa shape index (κ3) is 3.35. The van der Waals surface area contributed by atoms with E-state index >= 15 is 0 Å². The molecule has 4 aliphatic carbocycles. The van der Waals surface area contributed by atoms with Crippen LogP contribution in [0, 0.1) is 68.5 Å². The minimum Gasteiger partial charge on any atom is -0.299 e. The van der Waals surface area contributed by atoms with Crippen molar-refractivity contribution in [3.63, 3.8) is 0 Å². The summed E-state index contributed by atoms with van der Waals surface area (Å²) < 4.78 is 0. The van der Waals surface area contributed by atoms with Crippen molar-refractivity contribution in [3.05, 3.63) is 11.6 Å². The first-order valence-electron chi connectivity index (χ1n) is 12.9. The second-order valence-corrected chi connectivity index (χ2v) is 14.1. The molecule has 4 aliphatic rings. The molecule has 4 rings (SSSR count). The summed E-state index contributed by atoms with van der Waals surface area (Å²) in [5.41, 5.74) is 0.556. The van der Waals surface area contributed by atoms with Gasteiger partial charge in [0, 0.05) is 18.3 Å². The number of carbonyl (C=O) groups excluding carboxylic acids is 2. The monoisotopic (exact) mass is 437 g/mol. The molecular weight excluding hydrogens is 394 g/mol. The Labute approximate surface area is 195 Å². The van der Waals surface area contributed by atoms with Crippen molar-refractivity contribution >= 4 is 11.6 Å². The lowest BCUT2D eigenvalue weighted by Crippen LogP contribution is -2.62. The topological polar surface area (TPSA) is 57.9 Å². The highest BCUT2D eigenvalue weighted by atomic mass is 16.1. The highest BCUT2D eigenvalue weighted by Gasteiger charge is 2.65. The van der Waals surface area contributed by atoms with Crippen molar-refractivity contribution in [2.24, 2.45) is 57.2 Å². The number of rotatable bonds is 1. The van der Waals surface area contributed by atoms with E-state index in [0.717, 1.165) is 25.7 Å². The minimum atomic E-state index is -0.251. The van der Waals surface area contributed by atoms with Gasteiger partial charge in [0.1, 0.15) is 11.9 Å². The number of hydrogen-bond acceptors (Lipinski definition) is 3. The molecule has 0 spiro atoms. The van der Waals surface area contributed by atoms with Crippen LogP contribution < -0.4 is 0 Å². The first-order chi connectivity index (χ1) is 14.7. The standard InChI is InChI=1S/C29H43NO2/c1-17-19-10-12-28(7)20-9-11-27(5,6)21(15-26(2,3)4)24(20)22(31)13-23(28)29(19,8)14-18(16-30)25(17)32/h14,17,19-21,23-24H,9-13,15H2,1-8H3. The predicted molar refractivity (Wildman–Crippen MR) is 127 cm³/mol. The third-order valence-corrected chi connectivity index (χ3v) is 10.6. The van der Waals surface area contributed by atoms with Crippen molar-refractivity contribution in [1.29, 1.82) is 5.26 Å². The summed E-state index contributed by atoms with van der Waals surface area (Å²) in [6.45, 7) is 18.4. The van der Waals surface area contributed by atoms with Crippen molar-refractivity contribution in [1.82, 2.24) is 0 Å². The largest absolute Gasteiger partial charge is 0.299 e. The fraction of sp³-hybridized carbons (Fsp3) is 0.828. The van der Waals surface area contributed by atoms with Gasteiger partial charge < -0.3 is 0 Å². The Bertz CT molecular complexity index is 899. The number of nitrogens with zero attached hydrogens (tertiary/aromatic N) is 1. The average Bonchev–Trinajstić information content (AvgIpc) is 2.67. The molecule has 0 aromatic rings. The van der Waals surface area contributed by atoms with Crippen LogP contribution in [0.25, 0.3) is 0 Å². The normalized spacial score (nSPS) is 45.8. The van der Waals surface area contributed by atoms with E-state index < -0.39 is 0 Å². The number of ketones is 2. The third-order valence-electron chi connectivity index (χ3n) is 10.6. The van der Waals surface area contributed by atoms with Crippen molar-refractivity contribution < 1.29 is 9.59 Å². The van der Waals surface area contributed by atoms with Gasteiger partial charge >= 0.3 is 0 Å². The average molecular weight is 438 g/mol. The molecule has 0 bridgehead atoms. The van der Waals surface area contributed by atoms with Crippen LogP contribution in [0.5, 0.6) is 0 Å². The molecule has 0 N–H and O–H groups in total. The lowest BCUT2D eigenvalue weighted by atomic mass is 9.37. The van der Waals surface area contributed by atoms with Gasteiger partial charge in [0.25, 0.3) is 0 Å². The smallest absolute Gasteiger partial charge is 0.176 e. The molecule has 0 amide bonds. The van der Waals surface area contributed by atoms with E-state index in [4.69, 9.17) is 0 Å². The molecule has 0 aromatic carbocycles. The van der Waals surface area contributed by atoms with Gasteiger partial charge in [-0.2, -0.15) is 5.26 Å². The number of carbonyl (C=O) groups is 2. The van der Waals surface area contributed by atoms with Crippen LogP contribution in [-0.4, -0.2) is 11.6 Å². The van der Waals surface area contributed by atoms with Crippen LogP contribution in [-0.2, 0) is 9.59 Å². The van der Waals surface area contributed by atoms with Gasteiger partial charge in [-0.1, -0.05) is 61.5 Å². The highest BCUT2D eigenvalue weighted by Crippen LogP contribution is 2.69. The molecule has 0 aliphatic heterocycles. The van der Waals surface area contributed by atoms with Crippen LogP contribution in [0.1, 0.15) is 93.9 Å². The molecule has 3 heteroatoms. The summed E-state index contributed by atoms with van der Waals surface area (Å²) >= 11 is 0. The van der Waals surface area contributed by atoms with Gasteiger partial charge in [-0.25, -0.2) is 0 Å². The summed E-state index contributed by atoms with van der Waals surface area (Å²) in [6.07, 6.45) is 8.13. The lowest BCUT2D eigenvalue weighted by Gasteiger charge is -2.66.